The predicted octanol–water partition coefficient (Wildman–Crippen LogP) is 3.11. The van der Waals surface area contributed by atoms with Crippen LogP contribution in [-0.2, 0) is 9.47 Å². The smallest absolute Gasteiger partial charge is 0.369 e. The number of rotatable bonds is 5. The summed E-state index contributed by atoms with van der Waals surface area (Å²) < 4.78 is 11.3. The topological polar surface area (TPSA) is 70.4 Å². The molecule has 0 amide bonds. The highest BCUT2D eigenvalue weighted by Crippen LogP contribution is 2.19. The highest BCUT2D eigenvalue weighted by Gasteiger charge is 2.18. The molecule has 0 saturated heterocycles. The molecule has 2 aromatic rings. The van der Waals surface area contributed by atoms with E-state index in [1.54, 1.807) is 17.2 Å². The van der Waals surface area contributed by atoms with E-state index in [2.05, 4.69) is 4.98 Å². The number of esters is 1. The number of carbonyl (C=O) groups excluding carboxylic acids is 2. The first kappa shape index (κ1) is 16.1. The molecule has 0 radical (unpaired) electrons. The molecule has 22 heavy (non-hydrogen) atoms. The molecule has 0 N–H and O–H groups in total. The molecule has 1 aromatic carbocycles. The number of carbonyl (C=O) groups is 2. The SMILES string of the molecule is CSC(=O)OCOC(=O)c1cncn1[C@H](C)c1ccccc1. The van der Waals surface area contributed by atoms with Gasteiger partial charge in [-0.2, -0.15) is 0 Å². The number of imidazole rings is 1. The third-order valence-corrected chi connectivity index (χ3v) is 3.56. The van der Waals surface area contributed by atoms with Crippen LogP contribution in [0.25, 0.3) is 0 Å². The number of ether oxygens (including phenoxy) is 2. The summed E-state index contributed by atoms with van der Waals surface area (Å²) in [5, 5.41) is -0.501. The van der Waals surface area contributed by atoms with Crippen LogP contribution in [0.1, 0.15) is 29.0 Å². The number of thioether (sulfide) groups is 1. The van der Waals surface area contributed by atoms with E-state index in [0.29, 0.717) is 5.69 Å². The monoisotopic (exact) mass is 320 g/mol. The summed E-state index contributed by atoms with van der Waals surface area (Å²) in [5.41, 5.74) is 1.35. The minimum atomic E-state index is -0.589. The Labute approximate surface area is 132 Å². The second kappa shape index (κ2) is 7.65. The fourth-order valence-electron chi connectivity index (χ4n) is 1.93. The number of hydrogen-bond acceptors (Lipinski definition) is 6. The van der Waals surface area contributed by atoms with Gasteiger partial charge < -0.3 is 14.0 Å². The molecule has 7 heteroatoms. The van der Waals surface area contributed by atoms with Gasteiger partial charge in [-0.05, 0) is 30.5 Å². The van der Waals surface area contributed by atoms with E-state index in [-0.39, 0.29) is 6.04 Å². The molecule has 2 rings (SSSR count). The van der Waals surface area contributed by atoms with E-state index < -0.39 is 18.1 Å². The number of benzene rings is 1. The van der Waals surface area contributed by atoms with E-state index in [4.69, 9.17) is 9.47 Å². The molecule has 0 aliphatic carbocycles. The molecular weight excluding hydrogens is 304 g/mol. The largest absolute Gasteiger partial charge is 0.423 e. The fourth-order valence-corrected chi connectivity index (χ4v) is 2.09. The van der Waals surface area contributed by atoms with Crippen LogP contribution in [0.5, 0.6) is 0 Å². The third kappa shape index (κ3) is 3.88. The van der Waals surface area contributed by atoms with Gasteiger partial charge in [0.1, 0.15) is 5.69 Å². The third-order valence-electron chi connectivity index (χ3n) is 3.11. The van der Waals surface area contributed by atoms with Gasteiger partial charge in [-0.15, -0.1) is 0 Å². The molecule has 0 fully saturated rings. The van der Waals surface area contributed by atoms with Crippen molar-refractivity contribution in [1.29, 1.82) is 0 Å². The van der Waals surface area contributed by atoms with E-state index in [1.165, 1.54) is 6.20 Å². The lowest BCUT2D eigenvalue weighted by molar-refractivity contribution is 0.00303. The van der Waals surface area contributed by atoms with E-state index in [0.717, 1.165) is 17.3 Å². The second-order valence-electron chi connectivity index (χ2n) is 4.42. The number of aromatic nitrogens is 2. The first-order valence-electron chi connectivity index (χ1n) is 6.58. The summed E-state index contributed by atoms with van der Waals surface area (Å²) in [4.78, 5) is 27.0. The Balaban J connectivity index is 2.06. The average Bonchev–Trinajstić information content (AvgIpc) is 3.04. The van der Waals surface area contributed by atoms with Gasteiger partial charge >= 0.3 is 11.3 Å². The highest BCUT2D eigenvalue weighted by molar-refractivity contribution is 8.12. The average molecular weight is 320 g/mol. The Kier molecular flexibility index (Phi) is 5.60. The zero-order valence-corrected chi connectivity index (χ0v) is 13.1. The number of hydrogen-bond donors (Lipinski definition) is 0. The Hall–Kier alpha value is -2.28. The molecule has 0 aliphatic heterocycles. The molecule has 0 saturated carbocycles. The molecule has 0 spiro atoms. The highest BCUT2D eigenvalue weighted by atomic mass is 32.2. The van der Waals surface area contributed by atoms with Crippen molar-refractivity contribution in [3.63, 3.8) is 0 Å². The Morgan fingerprint density at radius 2 is 2.00 bits per heavy atom. The van der Waals surface area contributed by atoms with Crippen molar-refractivity contribution in [2.75, 3.05) is 13.0 Å². The minimum absolute atomic E-state index is 0.0694. The van der Waals surface area contributed by atoms with Crippen molar-refractivity contribution in [3.05, 3.63) is 54.1 Å². The molecule has 0 aliphatic rings. The van der Waals surface area contributed by atoms with Crippen molar-refractivity contribution in [1.82, 2.24) is 9.55 Å². The van der Waals surface area contributed by atoms with Crippen LogP contribution in [0.2, 0.25) is 0 Å². The van der Waals surface area contributed by atoms with Crippen LogP contribution in [0.3, 0.4) is 0 Å². The normalized spacial score (nSPS) is 11.7. The lowest BCUT2D eigenvalue weighted by atomic mass is 10.1. The standard InChI is InChI=1S/C15H16N2O4S/c1-11(12-6-4-3-5-7-12)17-9-16-8-13(17)14(18)20-10-21-15(19)22-2/h3-9,11H,10H2,1-2H3/t11-/m1/s1. The summed E-state index contributed by atoms with van der Waals surface area (Å²) in [5.74, 6) is -0.589. The lowest BCUT2D eigenvalue weighted by Gasteiger charge is -2.16. The van der Waals surface area contributed by atoms with Gasteiger partial charge in [-0.25, -0.2) is 14.6 Å². The first-order valence-corrected chi connectivity index (χ1v) is 7.80. The van der Waals surface area contributed by atoms with Crippen molar-refractivity contribution < 1.29 is 19.1 Å². The summed E-state index contributed by atoms with van der Waals surface area (Å²) >= 11 is 0.909. The van der Waals surface area contributed by atoms with Crippen LogP contribution in [-0.4, -0.2) is 33.9 Å². The Bertz CT molecular complexity index is 642. The maximum absolute atomic E-state index is 12.1. The maximum Gasteiger partial charge on any atom is 0.369 e. The predicted molar refractivity (Wildman–Crippen MR) is 82.8 cm³/mol. The molecule has 1 atom stereocenters. The zero-order chi connectivity index (χ0) is 15.9. The van der Waals surface area contributed by atoms with Crippen molar-refractivity contribution in [3.8, 4) is 0 Å². The van der Waals surface area contributed by atoms with E-state index in [9.17, 15) is 9.59 Å². The summed E-state index contributed by atoms with van der Waals surface area (Å²) in [6.45, 7) is 1.55. The number of nitrogens with zero attached hydrogens (tertiary/aromatic N) is 2. The van der Waals surface area contributed by atoms with Gasteiger partial charge in [-0.3, -0.25) is 0 Å². The van der Waals surface area contributed by atoms with Gasteiger partial charge in [0, 0.05) is 0 Å². The van der Waals surface area contributed by atoms with Gasteiger partial charge in [0.2, 0.25) is 6.79 Å². The molecule has 1 heterocycles. The second-order valence-corrected chi connectivity index (χ2v) is 5.16. The molecule has 1 aromatic heterocycles. The van der Waals surface area contributed by atoms with Crippen LogP contribution >= 0.6 is 11.8 Å². The maximum atomic E-state index is 12.1. The minimum Gasteiger partial charge on any atom is -0.423 e. The van der Waals surface area contributed by atoms with Crippen molar-refractivity contribution in [2.24, 2.45) is 0 Å². The Morgan fingerprint density at radius 1 is 1.27 bits per heavy atom. The summed E-state index contributed by atoms with van der Waals surface area (Å²) in [6, 6.07) is 9.67. The molecule has 0 unspecified atom stereocenters. The summed E-state index contributed by atoms with van der Waals surface area (Å²) in [7, 11) is 0. The van der Waals surface area contributed by atoms with Crippen molar-refractivity contribution in [2.45, 2.75) is 13.0 Å². The van der Waals surface area contributed by atoms with Gasteiger partial charge in [-0.1, -0.05) is 30.3 Å². The van der Waals surface area contributed by atoms with Crippen LogP contribution in [0, 0.1) is 0 Å². The fraction of sp³-hybridized carbons (Fsp3) is 0.267. The molecule has 116 valence electrons. The molecule has 6 nitrogen and oxygen atoms in total. The van der Waals surface area contributed by atoms with Gasteiger partial charge in [0.25, 0.3) is 0 Å². The lowest BCUT2D eigenvalue weighted by Crippen LogP contribution is -2.17. The Morgan fingerprint density at radius 3 is 2.68 bits per heavy atom. The quantitative estimate of drug-likeness (QED) is 0.623. The first-order chi connectivity index (χ1) is 10.6. The van der Waals surface area contributed by atoms with Gasteiger partial charge in [0.05, 0.1) is 18.6 Å². The van der Waals surface area contributed by atoms with Crippen molar-refractivity contribution >= 4 is 23.0 Å². The molecular formula is C15H16N2O4S. The van der Waals surface area contributed by atoms with Crippen LogP contribution in [0.4, 0.5) is 4.79 Å². The van der Waals surface area contributed by atoms with Gasteiger partial charge in [0.15, 0.2) is 0 Å². The molecule has 0 bridgehead atoms. The van der Waals surface area contributed by atoms with Crippen LogP contribution < -0.4 is 0 Å². The summed E-state index contributed by atoms with van der Waals surface area (Å²) in [6.07, 6.45) is 4.58. The van der Waals surface area contributed by atoms with E-state index in [1.807, 2.05) is 37.3 Å². The zero-order valence-electron chi connectivity index (χ0n) is 12.3. The van der Waals surface area contributed by atoms with Crippen LogP contribution in [0.15, 0.2) is 42.9 Å². The van der Waals surface area contributed by atoms with E-state index >= 15 is 0 Å².